The van der Waals surface area contributed by atoms with Crippen LogP contribution in [0.2, 0.25) is 0 Å². The Hall–Kier alpha value is -3.93. The minimum atomic E-state index is -0.472. The zero-order valence-electron chi connectivity index (χ0n) is 17.2. The quantitative estimate of drug-likeness (QED) is 0.579. The average Bonchev–Trinajstić information content (AvgIpc) is 2.99. The van der Waals surface area contributed by atoms with Gasteiger partial charge in [0, 0.05) is 11.8 Å². The summed E-state index contributed by atoms with van der Waals surface area (Å²) < 4.78 is 19.0. The lowest BCUT2D eigenvalue weighted by Gasteiger charge is -2.17. The maximum absolute atomic E-state index is 13.5. The van der Waals surface area contributed by atoms with E-state index in [0.29, 0.717) is 29.3 Å². The first-order valence-electron chi connectivity index (χ1n) is 9.94. The third kappa shape index (κ3) is 3.92. The maximum atomic E-state index is 13.5. The molecular formula is C25H21FN2O3. The van der Waals surface area contributed by atoms with Gasteiger partial charge in [-0.15, -0.1) is 0 Å². The van der Waals surface area contributed by atoms with Crippen LogP contribution in [0.15, 0.2) is 78.5 Å². The zero-order valence-corrected chi connectivity index (χ0v) is 17.2. The Morgan fingerprint density at radius 3 is 2.39 bits per heavy atom. The van der Waals surface area contributed by atoms with E-state index in [1.165, 1.54) is 24.3 Å². The fourth-order valence-electron chi connectivity index (χ4n) is 3.54. The summed E-state index contributed by atoms with van der Waals surface area (Å²) in [7, 11) is 0. The number of amides is 2. The summed E-state index contributed by atoms with van der Waals surface area (Å²) in [6.07, 6.45) is 0. The van der Waals surface area contributed by atoms with Gasteiger partial charge in [0.05, 0.1) is 17.9 Å². The molecule has 6 heteroatoms. The van der Waals surface area contributed by atoms with Crippen molar-refractivity contribution in [3.05, 3.63) is 95.4 Å². The van der Waals surface area contributed by atoms with E-state index in [4.69, 9.17) is 4.74 Å². The van der Waals surface area contributed by atoms with Crippen LogP contribution in [-0.4, -0.2) is 18.4 Å². The SMILES string of the molecule is CCOc1cccc(NC2=C(c3ccc(F)cc3)C(=O)N(c3ccccc3C)C2=O)c1. The second-order valence-electron chi connectivity index (χ2n) is 7.07. The lowest BCUT2D eigenvalue weighted by Crippen LogP contribution is -2.33. The van der Waals surface area contributed by atoms with Crippen molar-refractivity contribution in [2.75, 3.05) is 16.8 Å². The van der Waals surface area contributed by atoms with Crippen LogP contribution in [0.3, 0.4) is 0 Å². The van der Waals surface area contributed by atoms with E-state index < -0.39 is 17.6 Å². The van der Waals surface area contributed by atoms with Gasteiger partial charge in [-0.1, -0.05) is 36.4 Å². The van der Waals surface area contributed by atoms with Crippen LogP contribution in [0.4, 0.5) is 15.8 Å². The molecule has 0 spiro atoms. The lowest BCUT2D eigenvalue weighted by molar-refractivity contribution is -0.120. The monoisotopic (exact) mass is 416 g/mol. The molecule has 1 aliphatic rings. The van der Waals surface area contributed by atoms with Crippen LogP contribution in [0.25, 0.3) is 5.57 Å². The molecule has 1 heterocycles. The number of anilines is 2. The molecule has 0 aliphatic carbocycles. The van der Waals surface area contributed by atoms with E-state index >= 15 is 0 Å². The van der Waals surface area contributed by atoms with Gasteiger partial charge >= 0.3 is 0 Å². The van der Waals surface area contributed by atoms with Crippen molar-refractivity contribution in [2.45, 2.75) is 13.8 Å². The molecule has 0 fully saturated rings. The first-order valence-corrected chi connectivity index (χ1v) is 9.94. The van der Waals surface area contributed by atoms with Crippen molar-refractivity contribution < 1.29 is 18.7 Å². The first kappa shape index (κ1) is 20.3. The summed E-state index contributed by atoms with van der Waals surface area (Å²) >= 11 is 0. The highest BCUT2D eigenvalue weighted by Gasteiger charge is 2.40. The largest absolute Gasteiger partial charge is 0.494 e. The summed E-state index contributed by atoms with van der Waals surface area (Å²) in [5.74, 6) is -0.713. The normalized spacial score (nSPS) is 13.7. The van der Waals surface area contributed by atoms with Crippen molar-refractivity contribution >= 4 is 28.8 Å². The van der Waals surface area contributed by atoms with Crippen molar-refractivity contribution in [2.24, 2.45) is 0 Å². The Labute approximate surface area is 179 Å². The van der Waals surface area contributed by atoms with Gasteiger partial charge in [-0.05, 0) is 55.3 Å². The number of imide groups is 1. The van der Waals surface area contributed by atoms with E-state index in [0.717, 1.165) is 10.5 Å². The molecule has 4 rings (SSSR count). The fraction of sp³-hybridized carbons (Fsp3) is 0.120. The van der Waals surface area contributed by atoms with Crippen molar-refractivity contribution in [1.82, 2.24) is 0 Å². The number of para-hydroxylation sites is 1. The third-order valence-electron chi connectivity index (χ3n) is 4.99. The zero-order chi connectivity index (χ0) is 22.0. The van der Waals surface area contributed by atoms with Crippen LogP contribution in [-0.2, 0) is 9.59 Å². The summed E-state index contributed by atoms with van der Waals surface area (Å²) in [6.45, 7) is 4.23. The van der Waals surface area contributed by atoms with Crippen molar-refractivity contribution in [3.8, 4) is 5.75 Å². The topological polar surface area (TPSA) is 58.6 Å². The molecule has 1 N–H and O–H groups in total. The molecule has 31 heavy (non-hydrogen) atoms. The first-order chi connectivity index (χ1) is 15.0. The lowest BCUT2D eigenvalue weighted by atomic mass is 10.0. The number of hydrogen-bond acceptors (Lipinski definition) is 4. The third-order valence-corrected chi connectivity index (χ3v) is 4.99. The fourth-order valence-corrected chi connectivity index (χ4v) is 3.54. The van der Waals surface area contributed by atoms with Crippen LogP contribution in [0.1, 0.15) is 18.1 Å². The number of nitrogens with zero attached hydrogens (tertiary/aromatic N) is 1. The van der Waals surface area contributed by atoms with Gasteiger partial charge in [0.15, 0.2) is 0 Å². The van der Waals surface area contributed by atoms with Gasteiger partial charge in [0.2, 0.25) is 0 Å². The summed E-state index contributed by atoms with van der Waals surface area (Å²) in [4.78, 5) is 28.0. The maximum Gasteiger partial charge on any atom is 0.282 e. The van der Waals surface area contributed by atoms with E-state index in [2.05, 4.69) is 5.32 Å². The van der Waals surface area contributed by atoms with Gasteiger partial charge in [-0.25, -0.2) is 9.29 Å². The van der Waals surface area contributed by atoms with Crippen LogP contribution < -0.4 is 15.0 Å². The van der Waals surface area contributed by atoms with Crippen LogP contribution in [0.5, 0.6) is 5.75 Å². The van der Waals surface area contributed by atoms with Gasteiger partial charge in [-0.2, -0.15) is 0 Å². The standard InChI is InChI=1S/C25H21FN2O3/c1-3-31-20-9-6-8-19(15-20)27-23-22(17-11-13-18(26)14-12-17)24(29)28(25(23)30)21-10-5-4-7-16(21)2/h4-15,27H,3H2,1-2H3. The second-order valence-corrected chi connectivity index (χ2v) is 7.07. The predicted octanol–water partition coefficient (Wildman–Crippen LogP) is 4.93. The smallest absolute Gasteiger partial charge is 0.282 e. The van der Waals surface area contributed by atoms with Crippen LogP contribution >= 0.6 is 0 Å². The van der Waals surface area contributed by atoms with Gasteiger partial charge in [0.25, 0.3) is 11.8 Å². The number of aryl methyl sites for hydroxylation is 1. The molecule has 0 radical (unpaired) electrons. The molecule has 5 nitrogen and oxygen atoms in total. The Bertz CT molecular complexity index is 1190. The second kappa shape index (κ2) is 8.44. The van der Waals surface area contributed by atoms with Crippen molar-refractivity contribution in [3.63, 3.8) is 0 Å². The Balaban J connectivity index is 1.81. The molecule has 2 amide bonds. The van der Waals surface area contributed by atoms with Crippen LogP contribution in [0, 0.1) is 12.7 Å². The summed E-state index contributed by atoms with van der Waals surface area (Å²) in [5, 5.41) is 3.10. The van der Waals surface area contributed by atoms with E-state index in [9.17, 15) is 14.0 Å². The number of benzene rings is 3. The molecule has 156 valence electrons. The highest BCUT2D eigenvalue weighted by Crippen LogP contribution is 2.35. The molecule has 0 saturated carbocycles. The molecular weight excluding hydrogens is 395 g/mol. The minimum Gasteiger partial charge on any atom is -0.494 e. The Morgan fingerprint density at radius 1 is 0.935 bits per heavy atom. The molecule has 0 atom stereocenters. The Kier molecular flexibility index (Phi) is 5.54. The molecule has 0 saturated heterocycles. The average molecular weight is 416 g/mol. The number of carbonyl (C=O) groups is 2. The summed E-state index contributed by atoms with van der Waals surface area (Å²) in [6, 6.07) is 19.9. The van der Waals surface area contributed by atoms with E-state index in [1.807, 2.05) is 32.0 Å². The predicted molar refractivity (Wildman–Crippen MR) is 118 cm³/mol. The number of halogens is 1. The molecule has 0 unspecified atom stereocenters. The molecule has 1 aliphatic heterocycles. The minimum absolute atomic E-state index is 0.133. The van der Waals surface area contributed by atoms with Crippen molar-refractivity contribution in [1.29, 1.82) is 0 Å². The van der Waals surface area contributed by atoms with Gasteiger partial charge < -0.3 is 10.1 Å². The number of ether oxygens (including phenoxy) is 1. The van der Waals surface area contributed by atoms with Gasteiger partial charge in [0.1, 0.15) is 17.3 Å². The number of carbonyl (C=O) groups excluding carboxylic acids is 2. The van der Waals surface area contributed by atoms with Gasteiger partial charge in [-0.3, -0.25) is 9.59 Å². The molecule has 3 aromatic rings. The summed E-state index contributed by atoms with van der Waals surface area (Å²) in [5.41, 5.74) is 2.69. The highest BCUT2D eigenvalue weighted by molar-refractivity contribution is 6.46. The van der Waals surface area contributed by atoms with E-state index in [1.54, 1.807) is 30.3 Å². The number of nitrogens with one attached hydrogen (secondary N) is 1. The molecule has 3 aromatic carbocycles. The number of hydrogen-bond donors (Lipinski definition) is 1. The molecule has 0 bridgehead atoms. The number of rotatable bonds is 6. The molecule has 0 aromatic heterocycles. The Morgan fingerprint density at radius 2 is 1.68 bits per heavy atom. The highest BCUT2D eigenvalue weighted by atomic mass is 19.1. The van der Waals surface area contributed by atoms with E-state index in [-0.39, 0.29) is 11.3 Å².